The number of ketones is 1. The molecule has 0 aliphatic heterocycles. The van der Waals surface area contributed by atoms with Crippen LogP contribution in [0.2, 0.25) is 0 Å². The molecule has 0 aromatic rings. The van der Waals surface area contributed by atoms with Crippen LogP contribution < -0.4 is 0 Å². The van der Waals surface area contributed by atoms with E-state index < -0.39 is 6.10 Å². The van der Waals surface area contributed by atoms with Gasteiger partial charge in [0.2, 0.25) is 0 Å². The Morgan fingerprint density at radius 2 is 2.00 bits per heavy atom. The van der Waals surface area contributed by atoms with Crippen LogP contribution >= 0.6 is 0 Å². The molecule has 0 amide bonds. The molecule has 2 unspecified atom stereocenters. The average molecular weight is 256 g/mol. The summed E-state index contributed by atoms with van der Waals surface area (Å²) in [6.07, 6.45) is 4.42. The van der Waals surface area contributed by atoms with Gasteiger partial charge in [0.1, 0.15) is 5.78 Å². The first-order valence-corrected chi connectivity index (χ1v) is 6.33. The van der Waals surface area contributed by atoms with Crippen molar-refractivity contribution in [3.63, 3.8) is 0 Å². The Balaban J connectivity index is 3.69. The summed E-state index contributed by atoms with van der Waals surface area (Å²) >= 11 is 0. The maximum absolute atomic E-state index is 11.3. The van der Waals surface area contributed by atoms with Crippen LogP contribution in [0.1, 0.15) is 39.5 Å². The Morgan fingerprint density at radius 3 is 2.50 bits per heavy atom. The van der Waals surface area contributed by atoms with Crippen LogP contribution in [0.5, 0.6) is 0 Å². The minimum absolute atomic E-state index is 0.0519. The number of allylic oxidation sites excluding steroid dienone is 1. The van der Waals surface area contributed by atoms with E-state index in [0.717, 1.165) is 25.7 Å². The van der Waals surface area contributed by atoms with Crippen LogP contribution in [0, 0.1) is 5.92 Å². The minimum Gasteiger partial charge on any atom is -0.464 e. The second-order valence-electron chi connectivity index (χ2n) is 4.37. The molecule has 18 heavy (non-hydrogen) atoms. The molecule has 0 saturated heterocycles. The number of hydrogen-bond donors (Lipinski definition) is 0. The normalized spacial score (nSPS) is 13.7. The van der Waals surface area contributed by atoms with Crippen molar-refractivity contribution in [3.8, 4) is 0 Å². The summed E-state index contributed by atoms with van der Waals surface area (Å²) in [6.45, 7) is 7.28. The van der Waals surface area contributed by atoms with Crippen molar-refractivity contribution in [2.45, 2.75) is 45.6 Å². The van der Waals surface area contributed by atoms with Crippen molar-refractivity contribution in [2.75, 3.05) is 13.7 Å². The molecule has 0 aromatic heterocycles. The first-order chi connectivity index (χ1) is 8.52. The molecule has 4 heteroatoms. The standard InChI is InChI=1S/C14H24O4/c1-5-8-13(11(2)15)9-6-7-10-18-14(16)12(3)17-4/h5,12-13H,1,6-10H2,2-4H3. The van der Waals surface area contributed by atoms with Crippen LogP contribution in [0.4, 0.5) is 0 Å². The summed E-state index contributed by atoms with van der Waals surface area (Å²) in [6, 6.07) is 0. The van der Waals surface area contributed by atoms with Crippen LogP contribution in [0.3, 0.4) is 0 Å². The van der Waals surface area contributed by atoms with Crippen molar-refractivity contribution in [1.29, 1.82) is 0 Å². The molecular formula is C14H24O4. The average Bonchev–Trinajstić information content (AvgIpc) is 2.35. The second-order valence-corrected chi connectivity index (χ2v) is 4.37. The fourth-order valence-electron chi connectivity index (χ4n) is 1.57. The highest BCUT2D eigenvalue weighted by Crippen LogP contribution is 2.14. The van der Waals surface area contributed by atoms with Gasteiger partial charge in [-0.25, -0.2) is 4.79 Å². The Bertz CT molecular complexity index is 273. The lowest BCUT2D eigenvalue weighted by Gasteiger charge is -2.12. The summed E-state index contributed by atoms with van der Waals surface area (Å²) < 4.78 is 9.87. The van der Waals surface area contributed by atoms with Gasteiger partial charge in [-0.2, -0.15) is 0 Å². The summed E-state index contributed by atoms with van der Waals surface area (Å²) in [4.78, 5) is 22.6. The molecule has 0 bridgehead atoms. The SMILES string of the molecule is C=CCC(CCCCOC(=O)C(C)OC)C(C)=O. The van der Waals surface area contributed by atoms with Crippen molar-refractivity contribution in [1.82, 2.24) is 0 Å². The largest absolute Gasteiger partial charge is 0.464 e. The van der Waals surface area contributed by atoms with Crippen molar-refractivity contribution in [3.05, 3.63) is 12.7 Å². The predicted octanol–water partition coefficient (Wildman–Crippen LogP) is 2.52. The third-order valence-corrected chi connectivity index (χ3v) is 2.90. The number of Topliss-reactive ketones (excluding diaryl/α,β-unsaturated/α-hetero) is 1. The van der Waals surface area contributed by atoms with Crippen LogP contribution in [-0.2, 0) is 19.1 Å². The van der Waals surface area contributed by atoms with Gasteiger partial charge >= 0.3 is 5.97 Å². The molecule has 0 fully saturated rings. The Kier molecular flexibility index (Phi) is 9.19. The third-order valence-electron chi connectivity index (χ3n) is 2.90. The maximum atomic E-state index is 11.3. The molecular weight excluding hydrogens is 232 g/mol. The Morgan fingerprint density at radius 1 is 1.33 bits per heavy atom. The van der Waals surface area contributed by atoms with Gasteiger partial charge in [-0.15, -0.1) is 6.58 Å². The summed E-state index contributed by atoms with van der Waals surface area (Å²) in [5.74, 6) is -0.0947. The van der Waals surface area contributed by atoms with E-state index in [1.807, 2.05) is 0 Å². The van der Waals surface area contributed by atoms with Gasteiger partial charge in [0.25, 0.3) is 0 Å². The smallest absolute Gasteiger partial charge is 0.334 e. The third kappa shape index (κ3) is 7.22. The molecule has 104 valence electrons. The van der Waals surface area contributed by atoms with Gasteiger partial charge in [0.15, 0.2) is 6.10 Å². The number of carbonyl (C=O) groups is 2. The second kappa shape index (κ2) is 9.83. The molecule has 0 rings (SSSR count). The highest BCUT2D eigenvalue weighted by Gasteiger charge is 2.14. The van der Waals surface area contributed by atoms with E-state index in [0.29, 0.717) is 6.61 Å². The number of carbonyl (C=O) groups excluding carboxylic acids is 2. The summed E-state index contributed by atoms with van der Waals surface area (Å²) in [7, 11) is 1.47. The van der Waals surface area contributed by atoms with E-state index in [9.17, 15) is 9.59 Å². The molecule has 0 heterocycles. The zero-order valence-corrected chi connectivity index (χ0v) is 11.6. The molecule has 0 radical (unpaired) electrons. The van der Waals surface area contributed by atoms with E-state index in [1.54, 1.807) is 19.9 Å². The number of rotatable bonds is 10. The van der Waals surface area contributed by atoms with Crippen molar-refractivity contribution < 1.29 is 19.1 Å². The molecule has 0 saturated carbocycles. The fourth-order valence-corrected chi connectivity index (χ4v) is 1.57. The van der Waals surface area contributed by atoms with Crippen LogP contribution in [-0.4, -0.2) is 31.6 Å². The first-order valence-electron chi connectivity index (χ1n) is 6.33. The lowest BCUT2D eigenvalue weighted by molar-refractivity contribution is -0.154. The number of esters is 1. The maximum Gasteiger partial charge on any atom is 0.334 e. The lowest BCUT2D eigenvalue weighted by Crippen LogP contribution is -2.22. The van der Waals surface area contributed by atoms with E-state index in [2.05, 4.69) is 6.58 Å². The quantitative estimate of drug-likeness (QED) is 0.342. The number of hydrogen-bond acceptors (Lipinski definition) is 4. The number of unbranched alkanes of at least 4 members (excludes halogenated alkanes) is 1. The van der Waals surface area contributed by atoms with Gasteiger partial charge in [-0.05, 0) is 39.5 Å². The van der Waals surface area contributed by atoms with Gasteiger partial charge in [-0.3, -0.25) is 4.79 Å². The molecule has 0 N–H and O–H groups in total. The lowest BCUT2D eigenvalue weighted by atomic mass is 9.95. The van der Waals surface area contributed by atoms with Crippen LogP contribution in [0.25, 0.3) is 0 Å². The summed E-state index contributed by atoms with van der Waals surface area (Å²) in [5, 5.41) is 0. The zero-order chi connectivity index (χ0) is 14.0. The first kappa shape index (κ1) is 16.8. The minimum atomic E-state index is -0.518. The van der Waals surface area contributed by atoms with Gasteiger partial charge in [0.05, 0.1) is 6.61 Å². The monoisotopic (exact) mass is 256 g/mol. The molecule has 0 aromatic carbocycles. The molecule has 0 spiro atoms. The highest BCUT2D eigenvalue weighted by molar-refractivity contribution is 5.78. The van der Waals surface area contributed by atoms with Crippen molar-refractivity contribution >= 4 is 11.8 Å². The Labute approximate surface area is 109 Å². The molecule has 0 aliphatic rings. The number of ether oxygens (including phenoxy) is 2. The van der Waals surface area contributed by atoms with Gasteiger partial charge < -0.3 is 9.47 Å². The summed E-state index contributed by atoms with van der Waals surface area (Å²) in [5.41, 5.74) is 0. The molecule has 4 nitrogen and oxygen atoms in total. The van der Waals surface area contributed by atoms with Gasteiger partial charge in [0, 0.05) is 13.0 Å². The topological polar surface area (TPSA) is 52.6 Å². The van der Waals surface area contributed by atoms with E-state index in [-0.39, 0.29) is 17.7 Å². The molecule has 2 atom stereocenters. The number of methoxy groups -OCH3 is 1. The van der Waals surface area contributed by atoms with Crippen molar-refractivity contribution in [2.24, 2.45) is 5.92 Å². The van der Waals surface area contributed by atoms with E-state index in [4.69, 9.17) is 9.47 Å². The zero-order valence-electron chi connectivity index (χ0n) is 11.6. The van der Waals surface area contributed by atoms with E-state index >= 15 is 0 Å². The van der Waals surface area contributed by atoms with E-state index in [1.165, 1.54) is 7.11 Å². The predicted molar refractivity (Wildman–Crippen MR) is 70.3 cm³/mol. The molecule has 0 aliphatic carbocycles. The fraction of sp³-hybridized carbons (Fsp3) is 0.714. The van der Waals surface area contributed by atoms with Crippen LogP contribution in [0.15, 0.2) is 12.7 Å². The Hall–Kier alpha value is -1.16. The highest BCUT2D eigenvalue weighted by atomic mass is 16.6. The van der Waals surface area contributed by atoms with Gasteiger partial charge in [-0.1, -0.05) is 6.08 Å².